The van der Waals surface area contributed by atoms with Gasteiger partial charge in [-0.05, 0) is 24.1 Å². The van der Waals surface area contributed by atoms with Gasteiger partial charge >= 0.3 is 6.03 Å². The Morgan fingerprint density at radius 2 is 2.09 bits per heavy atom. The lowest BCUT2D eigenvalue weighted by Gasteiger charge is -2.22. The quantitative estimate of drug-likeness (QED) is 0.757. The summed E-state index contributed by atoms with van der Waals surface area (Å²) in [7, 11) is 0. The fraction of sp³-hybridized carbons (Fsp3) is 0.471. The van der Waals surface area contributed by atoms with Gasteiger partial charge in [-0.25, -0.2) is 4.79 Å². The highest BCUT2D eigenvalue weighted by Crippen LogP contribution is 2.18. The molecule has 0 aliphatic carbocycles. The van der Waals surface area contributed by atoms with E-state index in [2.05, 4.69) is 34.5 Å². The van der Waals surface area contributed by atoms with Crippen molar-refractivity contribution in [2.75, 3.05) is 37.7 Å². The Morgan fingerprint density at radius 1 is 1.32 bits per heavy atom. The monoisotopic (exact) mass is 303 g/mol. The maximum Gasteiger partial charge on any atom is 0.317 e. The summed E-state index contributed by atoms with van der Waals surface area (Å²) in [5.41, 5.74) is 2.26. The van der Waals surface area contributed by atoms with Crippen LogP contribution in [0.1, 0.15) is 18.9 Å². The predicted molar refractivity (Wildman–Crippen MR) is 89.0 cm³/mol. The predicted octanol–water partition coefficient (Wildman–Crippen LogP) is 1.98. The van der Waals surface area contributed by atoms with Crippen LogP contribution >= 0.6 is 0 Å². The lowest BCUT2D eigenvalue weighted by molar-refractivity contribution is 0.177. The van der Waals surface area contributed by atoms with Crippen LogP contribution in [-0.2, 0) is 6.54 Å². The third-order valence-electron chi connectivity index (χ3n) is 3.69. The van der Waals surface area contributed by atoms with E-state index in [0.717, 1.165) is 25.1 Å². The van der Waals surface area contributed by atoms with Gasteiger partial charge in [0.25, 0.3) is 0 Å². The molecule has 0 bridgehead atoms. The topological polar surface area (TPSA) is 55.8 Å². The van der Waals surface area contributed by atoms with Crippen molar-refractivity contribution in [2.24, 2.45) is 0 Å². The van der Waals surface area contributed by atoms with Crippen LogP contribution in [0, 0.1) is 0 Å². The molecule has 0 radical (unpaired) electrons. The Balaban J connectivity index is 1.90. The SMILES string of the molecule is CCCN(CCO)C(=O)NCc1cccc(N2CC=CC2)c1. The van der Waals surface area contributed by atoms with Crippen LogP contribution in [0.4, 0.5) is 10.5 Å². The van der Waals surface area contributed by atoms with E-state index in [1.54, 1.807) is 4.90 Å². The van der Waals surface area contributed by atoms with Crippen molar-refractivity contribution in [1.82, 2.24) is 10.2 Å². The summed E-state index contributed by atoms with van der Waals surface area (Å²) in [5, 5.41) is 12.0. The van der Waals surface area contributed by atoms with Gasteiger partial charge in [-0.3, -0.25) is 0 Å². The molecule has 1 aromatic rings. The number of carbonyl (C=O) groups is 1. The molecule has 1 aromatic carbocycles. The number of hydrogen-bond donors (Lipinski definition) is 2. The Bertz CT molecular complexity index is 502. The summed E-state index contributed by atoms with van der Waals surface area (Å²) in [6.45, 7) is 5.42. The van der Waals surface area contributed by atoms with Crippen molar-refractivity contribution in [1.29, 1.82) is 0 Å². The van der Waals surface area contributed by atoms with Crippen LogP contribution in [0.2, 0.25) is 0 Å². The van der Waals surface area contributed by atoms with Crippen LogP contribution < -0.4 is 10.2 Å². The zero-order valence-electron chi connectivity index (χ0n) is 13.2. The van der Waals surface area contributed by atoms with E-state index in [0.29, 0.717) is 19.6 Å². The first kappa shape index (κ1) is 16.4. The number of amides is 2. The smallest absolute Gasteiger partial charge is 0.317 e. The average Bonchev–Trinajstić information content (AvgIpc) is 3.07. The lowest BCUT2D eigenvalue weighted by Crippen LogP contribution is -2.41. The molecule has 5 nitrogen and oxygen atoms in total. The second-order valence-corrected chi connectivity index (χ2v) is 5.42. The van der Waals surface area contributed by atoms with Gasteiger partial charge in [-0.2, -0.15) is 0 Å². The first-order valence-electron chi connectivity index (χ1n) is 7.87. The molecule has 1 aliphatic rings. The molecular weight excluding hydrogens is 278 g/mol. The van der Waals surface area contributed by atoms with E-state index in [9.17, 15) is 4.79 Å². The van der Waals surface area contributed by atoms with Crippen molar-refractivity contribution >= 4 is 11.7 Å². The van der Waals surface area contributed by atoms with Crippen LogP contribution in [0.5, 0.6) is 0 Å². The van der Waals surface area contributed by atoms with E-state index in [-0.39, 0.29) is 12.6 Å². The van der Waals surface area contributed by atoms with Gasteiger partial charge in [-0.15, -0.1) is 0 Å². The maximum atomic E-state index is 12.1. The number of hydrogen-bond acceptors (Lipinski definition) is 3. The number of carbonyl (C=O) groups excluding carboxylic acids is 1. The second-order valence-electron chi connectivity index (χ2n) is 5.42. The number of benzene rings is 1. The molecule has 2 N–H and O–H groups in total. The van der Waals surface area contributed by atoms with Gasteiger partial charge in [0.05, 0.1) is 6.61 Å². The van der Waals surface area contributed by atoms with E-state index in [1.165, 1.54) is 5.69 Å². The molecule has 1 heterocycles. The van der Waals surface area contributed by atoms with E-state index in [1.807, 2.05) is 19.1 Å². The molecule has 0 spiro atoms. The highest BCUT2D eigenvalue weighted by Gasteiger charge is 2.12. The summed E-state index contributed by atoms with van der Waals surface area (Å²) >= 11 is 0. The summed E-state index contributed by atoms with van der Waals surface area (Å²) < 4.78 is 0. The van der Waals surface area contributed by atoms with Gasteiger partial charge < -0.3 is 20.2 Å². The second kappa shape index (κ2) is 8.44. The molecule has 0 fully saturated rings. The average molecular weight is 303 g/mol. The Labute approximate surface area is 132 Å². The van der Waals surface area contributed by atoms with Gasteiger partial charge in [0.2, 0.25) is 0 Å². The molecule has 0 atom stereocenters. The highest BCUT2D eigenvalue weighted by atomic mass is 16.3. The first-order chi connectivity index (χ1) is 10.7. The molecule has 0 aromatic heterocycles. The summed E-state index contributed by atoms with van der Waals surface area (Å²) in [4.78, 5) is 16.0. The van der Waals surface area contributed by atoms with Crippen LogP contribution in [-0.4, -0.2) is 48.8 Å². The number of anilines is 1. The Morgan fingerprint density at radius 3 is 2.77 bits per heavy atom. The van der Waals surface area contributed by atoms with E-state index in [4.69, 9.17) is 5.11 Å². The molecule has 120 valence electrons. The largest absolute Gasteiger partial charge is 0.395 e. The zero-order chi connectivity index (χ0) is 15.8. The van der Waals surface area contributed by atoms with Gasteiger partial charge in [0, 0.05) is 38.4 Å². The van der Waals surface area contributed by atoms with Gasteiger partial charge in [-0.1, -0.05) is 31.2 Å². The maximum absolute atomic E-state index is 12.1. The molecule has 2 rings (SSSR count). The number of rotatable bonds is 7. The summed E-state index contributed by atoms with van der Waals surface area (Å²) in [6.07, 6.45) is 5.20. The normalized spacial score (nSPS) is 13.5. The fourth-order valence-corrected chi connectivity index (χ4v) is 2.55. The van der Waals surface area contributed by atoms with Crippen LogP contribution in [0.15, 0.2) is 36.4 Å². The van der Waals surface area contributed by atoms with Crippen molar-refractivity contribution in [3.63, 3.8) is 0 Å². The minimum Gasteiger partial charge on any atom is -0.395 e. The molecule has 0 saturated heterocycles. The molecule has 5 heteroatoms. The van der Waals surface area contributed by atoms with Gasteiger partial charge in [0.15, 0.2) is 0 Å². The molecule has 0 unspecified atom stereocenters. The molecule has 1 aliphatic heterocycles. The number of nitrogens with zero attached hydrogens (tertiary/aromatic N) is 2. The third-order valence-corrected chi connectivity index (χ3v) is 3.69. The number of nitrogens with one attached hydrogen (secondary N) is 1. The Kier molecular flexibility index (Phi) is 6.27. The van der Waals surface area contributed by atoms with Crippen LogP contribution in [0.3, 0.4) is 0 Å². The number of aliphatic hydroxyl groups excluding tert-OH is 1. The van der Waals surface area contributed by atoms with Gasteiger partial charge in [0.1, 0.15) is 0 Å². The number of urea groups is 1. The van der Waals surface area contributed by atoms with E-state index >= 15 is 0 Å². The van der Waals surface area contributed by atoms with Crippen molar-refractivity contribution in [2.45, 2.75) is 19.9 Å². The third kappa shape index (κ3) is 4.49. The minimum atomic E-state index is -0.121. The van der Waals surface area contributed by atoms with Crippen molar-refractivity contribution in [3.05, 3.63) is 42.0 Å². The summed E-state index contributed by atoms with van der Waals surface area (Å²) in [6, 6.07) is 8.12. The Hall–Kier alpha value is -2.01. The number of aliphatic hydroxyl groups is 1. The van der Waals surface area contributed by atoms with Crippen molar-refractivity contribution in [3.8, 4) is 0 Å². The molecule has 2 amide bonds. The fourth-order valence-electron chi connectivity index (χ4n) is 2.55. The standard InChI is InChI=1S/C17H25N3O2/c1-2-8-20(11-12-21)17(22)18-14-15-6-5-7-16(13-15)19-9-3-4-10-19/h3-7,13,21H,2,8-12,14H2,1H3,(H,18,22). The van der Waals surface area contributed by atoms with Crippen LogP contribution in [0.25, 0.3) is 0 Å². The van der Waals surface area contributed by atoms with E-state index < -0.39 is 0 Å². The summed E-state index contributed by atoms with van der Waals surface area (Å²) in [5.74, 6) is 0. The lowest BCUT2D eigenvalue weighted by atomic mass is 10.2. The molecule has 0 saturated carbocycles. The minimum absolute atomic E-state index is 0.00906. The highest BCUT2D eigenvalue weighted by molar-refractivity contribution is 5.74. The zero-order valence-corrected chi connectivity index (χ0v) is 13.2. The van der Waals surface area contributed by atoms with Crippen molar-refractivity contribution < 1.29 is 9.90 Å². The first-order valence-corrected chi connectivity index (χ1v) is 7.87. The molecular formula is C17H25N3O2. The molecule has 22 heavy (non-hydrogen) atoms.